The summed E-state index contributed by atoms with van der Waals surface area (Å²) in [5, 5.41) is 0.579. The van der Waals surface area contributed by atoms with E-state index in [0.29, 0.717) is 22.8 Å². The maximum atomic E-state index is 13.0. The van der Waals surface area contributed by atoms with Crippen molar-refractivity contribution in [3.8, 4) is 0 Å². The lowest BCUT2D eigenvalue weighted by Gasteiger charge is -2.34. The highest BCUT2D eigenvalue weighted by atomic mass is 79.9. The van der Waals surface area contributed by atoms with Crippen LogP contribution in [0.3, 0.4) is 0 Å². The molecule has 0 spiro atoms. The molecule has 0 unspecified atom stereocenters. The Labute approximate surface area is 225 Å². The molecule has 0 N–H and O–H groups in total. The number of aromatic nitrogens is 2. The summed E-state index contributed by atoms with van der Waals surface area (Å²) in [5.41, 5.74) is 3.60. The predicted molar refractivity (Wildman–Crippen MR) is 150 cm³/mol. The molecule has 188 valence electrons. The van der Waals surface area contributed by atoms with Gasteiger partial charge in [0.15, 0.2) is 5.16 Å². The number of carbonyl (C=O) groups is 1. The normalized spacial score (nSPS) is 14.5. The highest BCUT2D eigenvalue weighted by Gasteiger charge is 2.21. The molecule has 0 aliphatic carbocycles. The molecular formula is C28H31BrN4O2S. The molecule has 6 nitrogen and oxygen atoms in total. The molecule has 1 aliphatic heterocycles. The number of amides is 1. The minimum absolute atomic E-state index is 0.0578. The molecule has 1 aromatic heterocycles. The summed E-state index contributed by atoms with van der Waals surface area (Å²) >= 11 is 4.78. The molecule has 1 amide bonds. The summed E-state index contributed by atoms with van der Waals surface area (Å²) in [4.78, 5) is 34.8. The van der Waals surface area contributed by atoms with Gasteiger partial charge in [0, 0.05) is 61.9 Å². The number of hydrogen-bond acceptors (Lipinski definition) is 5. The average Bonchev–Trinajstić information content (AvgIpc) is 2.90. The van der Waals surface area contributed by atoms with Gasteiger partial charge in [0.25, 0.3) is 5.56 Å². The van der Waals surface area contributed by atoms with Gasteiger partial charge < -0.3 is 4.90 Å². The van der Waals surface area contributed by atoms with Crippen molar-refractivity contribution in [2.75, 3.05) is 38.5 Å². The lowest BCUT2D eigenvalue weighted by atomic mass is 10.1. The lowest BCUT2D eigenvalue weighted by Crippen LogP contribution is -2.49. The van der Waals surface area contributed by atoms with Crippen LogP contribution in [0.4, 0.5) is 0 Å². The first-order chi connectivity index (χ1) is 17.4. The summed E-state index contributed by atoms with van der Waals surface area (Å²) in [6, 6.07) is 18.2. The number of halogens is 1. The van der Waals surface area contributed by atoms with E-state index in [9.17, 15) is 9.59 Å². The molecule has 2 heterocycles. The highest BCUT2D eigenvalue weighted by molar-refractivity contribution is 9.10. The van der Waals surface area contributed by atoms with Crippen LogP contribution in [0.25, 0.3) is 6.08 Å². The third kappa shape index (κ3) is 6.96. The van der Waals surface area contributed by atoms with E-state index in [0.717, 1.165) is 42.8 Å². The van der Waals surface area contributed by atoms with Crippen LogP contribution in [-0.4, -0.2) is 63.7 Å². The van der Waals surface area contributed by atoms with Gasteiger partial charge in [-0.05, 0) is 30.2 Å². The summed E-state index contributed by atoms with van der Waals surface area (Å²) in [7, 11) is 1.73. The summed E-state index contributed by atoms with van der Waals surface area (Å²) in [6.45, 7) is 5.90. The van der Waals surface area contributed by atoms with E-state index in [4.69, 9.17) is 0 Å². The zero-order valence-corrected chi connectivity index (χ0v) is 23.1. The van der Waals surface area contributed by atoms with Crippen LogP contribution in [0.1, 0.15) is 22.4 Å². The number of carbonyl (C=O) groups excluding carboxylic acids is 1. The van der Waals surface area contributed by atoms with Gasteiger partial charge in [-0.15, -0.1) is 0 Å². The van der Waals surface area contributed by atoms with E-state index in [2.05, 4.69) is 50.1 Å². The van der Waals surface area contributed by atoms with Gasteiger partial charge in [-0.1, -0.05) is 82.3 Å². The smallest absolute Gasteiger partial charge is 0.257 e. The Bertz CT molecular complexity index is 1270. The second-order valence-corrected chi connectivity index (χ2v) is 10.8. The minimum atomic E-state index is -0.0578. The molecule has 8 heteroatoms. The number of hydrogen-bond donors (Lipinski definition) is 0. The maximum Gasteiger partial charge on any atom is 0.257 e. The summed E-state index contributed by atoms with van der Waals surface area (Å²) in [6.07, 6.45) is 4.85. The quantitative estimate of drug-likeness (QED) is 0.299. The van der Waals surface area contributed by atoms with E-state index >= 15 is 0 Å². The number of nitrogens with zero attached hydrogens (tertiary/aromatic N) is 4. The SMILES string of the molecule is Cc1nc(SCC(=O)N2CCN(C/C=C/c3ccccc3)CC2)n(C)c(=O)c1Cc1ccc(Br)cc1. The minimum Gasteiger partial charge on any atom is -0.339 e. The maximum absolute atomic E-state index is 13.0. The van der Waals surface area contributed by atoms with Crippen LogP contribution in [0.15, 0.2) is 75.1 Å². The van der Waals surface area contributed by atoms with Crippen molar-refractivity contribution in [3.05, 3.63) is 97.9 Å². The van der Waals surface area contributed by atoms with E-state index in [1.54, 1.807) is 11.6 Å². The molecular weight excluding hydrogens is 536 g/mol. The Kier molecular flexibility index (Phi) is 9.18. The molecule has 3 aromatic rings. The van der Waals surface area contributed by atoms with E-state index in [-0.39, 0.29) is 17.2 Å². The van der Waals surface area contributed by atoms with Crippen LogP contribution >= 0.6 is 27.7 Å². The first-order valence-corrected chi connectivity index (χ1v) is 13.8. The topological polar surface area (TPSA) is 58.4 Å². The predicted octanol–water partition coefficient (Wildman–Crippen LogP) is 4.39. The van der Waals surface area contributed by atoms with Crippen molar-refractivity contribution in [2.45, 2.75) is 18.5 Å². The standard InChI is InChI=1S/C28H31BrN4O2S/c1-21-25(19-23-10-12-24(29)13-11-23)27(35)31(2)28(30-21)36-20-26(34)33-17-15-32(16-18-33)14-6-9-22-7-4-3-5-8-22/h3-13H,14-20H2,1-2H3/b9-6+. The van der Waals surface area contributed by atoms with Gasteiger partial charge in [-0.3, -0.25) is 19.1 Å². The molecule has 2 aromatic carbocycles. The van der Waals surface area contributed by atoms with Crippen molar-refractivity contribution in [3.63, 3.8) is 0 Å². The number of thioether (sulfide) groups is 1. The van der Waals surface area contributed by atoms with Crippen LogP contribution in [0, 0.1) is 6.92 Å². The molecule has 0 saturated carbocycles. The molecule has 4 rings (SSSR count). The van der Waals surface area contributed by atoms with Gasteiger partial charge in [0.2, 0.25) is 5.91 Å². The zero-order chi connectivity index (χ0) is 25.5. The molecule has 1 saturated heterocycles. The van der Waals surface area contributed by atoms with Crippen LogP contribution < -0.4 is 5.56 Å². The zero-order valence-electron chi connectivity index (χ0n) is 20.7. The summed E-state index contributed by atoms with van der Waals surface area (Å²) in [5.74, 6) is 0.366. The fourth-order valence-electron chi connectivity index (χ4n) is 4.17. The number of piperazine rings is 1. The monoisotopic (exact) mass is 566 g/mol. The molecule has 36 heavy (non-hydrogen) atoms. The van der Waals surface area contributed by atoms with Crippen molar-refractivity contribution >= 4 is 39.7 Å². The van der Waals surface area contributed by atoms with E-state index in [1.165, 1.54) is 17.3 Å². The van der Waals surface area contributed by atoms with Gasteiger partial charge in [-0.25, -0.2) is 4.98 Å². The molecule has 1 aliphatic rings. The Balaban J connectivity index is 1.28. The molecule has 0 radical (unpaired) electrons. The number of benzene rings is 2. The van der Waals surface area contributed by atoms with Crippen LogP contribution in [0.2, 0.25) is 0 Å². The lowest BCUT2D eigenvalue weighted by molar-refractivity contribution is -0.130. The van der Waals surface area contributed by atoms with Crippen molar-refractivity contribution in [1.82, 2.24) is 19.4 Å². The van der Waals surface area contributed by atoms with Crippen molar-refractivity contribution in [2.24, 2.45) is 7.05 Å². The highest BCUT2D eigenvalue weighted by Crippen LogP contribution is 2.19. The van der Waals surface area contributed by atoms with Gasteiger partial charge in [0.05, 0.1) is 5.75 Å². The fraction of sp³-hybridized carbons (Fsp3) is 0.321. The number of aryl methyl sites for hydroxylation is 1. The van der Waals surface area contributed by atoms with Gasteiger partial charge in [0.1, 0.15) is 0 Å². The van der Waals surface area contributed by atoms with Gasteiger partial charge in [-0.2, -0.15) is 0 Å². The van der Waals surface area contributed by atoms with E-state index < -0.39 is 0 Å². The molecule has 0 bridgehead atoms. The Morgan fingerprint density at radius 1 is 1.06 bits per heavy atom. The number of rotatable bonds is 8. The Hall–Kier alpha value is -2.68. The second-order valence-electron chi connectivity index (χ2n) is 8.91. The van der Waals surface area contributed by atoms with Crippen molar-refractivity contribution < 1.29 is 4.79 Å². The first-order valence-electron chi connectivity index (χ1n) is 12.1. The van der Waals surface area contributed by atoms with Crippen molar-refractivity contribution in [1.29, 1.82) is 0 Å². The van der Waals surface area contributed by atoms with Crippen LogP contribution in [0.5, 0.6) is 0 Å². The Morgan fingerprint density at radius 3 is 2.44 bits per heavy atom. The summed E-state index contributed by atoms with van der Waals surface area (Å²) < 4.78 is 2.57. The molecule has 0 atom stereocenters. The largest absolute Gasteiger partial charge is 0.339 e. The molecule has 1 fully saturated rings. The van der Waals surface area contributed by atoms with E-state index in [1.807, 2.05) is 54.3 Å². The fourth-order valence-corrected chi connectivity index (χ4v) is 5.35. The first kappa shape index (κ1) is 26.4. The second kappa shape index (κ2) is 12.5. The third-order valence-corrected chi connectivity index (χ3v) is 7.91. The third-order valence-electron chi connectivity index (χ3n) is 6.37. The Morgan fingerprint density at radius 2 is 1.75 bits per heavy atom. The van der Waals surface area contributed by atoms with Crippen LogP contribution in [-0.2, 0) is 18.3 Å². The van der Waals surface area contributed by atoms with Gasteiger partial charge >= 0.3 is 0 Å². The average molecular weight is 568 g/mol.